The van der Waals surface area contributed by atoms with Crippen LogP contribution in [-0.2, 0) is 4.79 Å². The number of benzene rings is 1. The van der Waals surface area contributed by atoms with Crippen LogP contribution < -0.4 is 10.6 Å². The Morgan fingerprint density at radius 2 is 2.00 bits per heavy atom. The van der Waals surface area contributed by atoms with Gasteiger partial charge in [-0.05, 0) is 18.9 Å². The lowest BCUT2D eigenvalue weighted by atomic mass is 9.94. The maximum atomic E-state index is 11.8. The fourth-order valence-electron chi connectivity index (χ4n) is 2.13. The number of amides is 2. The molecule has 7 nitrogen and oxygen atoms in total. The Bertz CT molecular complexity index is 534. The molecule has 1 aromatic carbocycles. The van der Waals surface area contributed by atoms with Crippen LogP contribution in [0, 0.1) is 10.1 Å². The number of rotatable bonds is 3. The summed E-state index contributed by atoms with van der Waals surface area (Å²) < 4.78 is 0. The number of urea groups is 1. The molecule has 1 aliphatic rings. The monoisotopic (exact) mass is 277 g/mol. The second kappa shape index (κ2) is 6.14. The van der Waals surface area contributed by atoms with Crippen molar-refractivity contribution in [3.8, 4) is 0 Å². The summed E-state index contributed by atoms with van der Waals surface area (Å²) in [5, 5.41) is 16.0. The zero-order chi connectivity index (χ0) is 14.5. The lowest BCUT2D eigenvalue weighted by Crippen LogP contribution is -2.40. The molecule has 0 heterocycles. The predicted octanol–water partition coefficient (Wildman–Crippen LogP) is 2.23. The van der Waals surface area contributed by atoms with E-state index in [1.165, 1.54) is 18.2 Å². The number of nitro benzene ring substituents is 1. The van der Waals surface area contributed by atoms with Crippen LogP contribution in [0.5, 0.6) is 0 Å². The number of carbonyl (C=O) groups is 2. The third-order valence-electron chi connectivity index (χ3n) is 3.19. The van der Waals surface area contributed by atoms with Gasteiger partial charge in [-0.25, -0.2) is 4.79 Å². The molecule has 0 aromatic heterocycles. The van der Waals surface area contributed by atoms with E-state index in [0.29, 0.717) is 31.4 Å². The van der Waals surface area contributed by atoms with Gasteiger partial charge in [0.2, 0.25) is 0 Å². The van der Waals surface area contributed by atoms with Gasteiger partial charge in [-0.3, -0.25) is 14.9 Å². The maximum absolute atomic E-state index is 11.8. The van der Waals surface area contributed by atoms with Crippen LogP contribution >= 0.6 is 0 Å². The lowest BCUT2D eigenvalue weighted by Gasteiger charge is -2.22. The quantitative estimate of drug-likeness (QED) is 0.653. The molecule has 0 atom stereocenters. The number of nitrogens with one attached hydrogen (secondary N) is 2. The molecule has 0 spiro atoms. The average Bonchev–Trinajstić information content (AvgIpc) is 2.41. The van der Waals surface area contributed by atoms with E-state index in [2.05, 4.69) is 10.6 Å². The number of carbonyl (C=O) groups excluding carboxylic acids is 2. The first-order valence-corrected chi connectivity index (χ1v) is 6.38. The molecule has 0 saturated heterocycles. The van der Waals surface area contributed by atoms with Crippen molar-refractivity contribution in [2.45, 2.75) is 31.7 Å². The van der Waals surface area contributed by atoms with Gasteiger partial charge in [0.25, 0.3) is 5.69 Å². The number of non-ortho nitro benzene ring substituents is 1. The van der Waals surface area contributed by atoms with Gasteiger partial charge in [0.1, 0.15) is 5.78 Å². The lowest BCUT2D eigenvalue weighted by molar-refractivity contribution is -0.384. The molecule has 7 heteroatoms. The Hall–Kier alpha value is -2.44. The van der Waals surface area contributed by atoms with Crippen molar-refractivity contribution in [2.75, 3.05) is 5.32 Å². The van der Waals surface area contributed by atoms with E-state index in [-0.39, 0.29) is 17.5 Å². The number of nitro groups is 1. The second-order valence-corrected chi connectivity index (χ2v) is 4.72. The normalized spacial score (nSPS) is 15.7. The van der Waals surface area contributed by atoms with E-state index in [1.807, 2.05) is 0 Å². The van der Waals surface area contributed by atoms with Crippen molar-refractivity contribution in [3.63, 3.8) is 0 Å². The first-order chi connectivity index (χ1) is 9.54. The summed E-state index contributed by atoms with van der Waals surface area (Å²) in [5.74, 6) is 0.224. The number of nitrogens with zero attached hydrogens (tertiary/aromatic N) is 1. The molecule has 1 fully saturated rings. The van der Waals surface area contributed by atoms with Crippen molar-refractivity contribution in [1.29, 1.82) is 0 Å². The number of Topliss-reactive ketones (excluding diaryl/α,β-unsaturated/α-hetero) is 1. The average molecular weight is 277 g/mol. The topological polar surface area (TPSA) is 101 Å². The van der Waals surface area contributed by atoms with E-state index < -0.39 is 11.0 Å². The van der Waals surface area contributed by atoms with E-state index in [1.54, 1.807) is 6.07 Å². The summed E-state index contributed by atoms with van der Waals surface area (Å²) in [7, 11) is 0. The molecule has 106 valence electrons. The molecule has 2 amide bonds. The van der Waals surface area contributed by atoms with E-state index in [9.17, 15) is 19.7 Å². The first kappa shape index (κ1) is 14.0. The van der Waals surface area contributed by atoms with Crippen LogP contribution in [-0.4, -0.2) is 22.8 Å². The van der Waals surface area contributed by atoms with Crippen LogP contribution in [0.15, 0.2) is 24.3 Å². The number of ketones is 1. The summed E-state index contributed by atoms with van der Waals surface area (Å²) in [6, 6.07) is 5.31. The van der Waals surface area contributed by atoms with Gasteiger partial charge < -0.3 is 10.6 Å². The van der Waals surface area contributed by atoms with Gasteiger partial charge in [0, 0.05) is 36.7 Å². The van der Waals surface area contributed by atoms with Crippen LogP contribution in [0.1, 0.15) is 25.7 Å². The summed E-state index contributed by atoms with van der Waals surface area (Å²) in [6.45, 7) is 0. The van der Waals surface area contributed by atoms with E-state index >= 15 is 0 Å². The van der Waals surface area contributed by atoms with Crippen LogP contribution in [0.4, 0.5) is 16.2 Å². The molecule has 0 bridgehead atoms. The molecule has 1 aliphatic carbocycles. The zero-order valence-corrected chi connectivity index (χ0v) is 10.8. The number of hydrogen-bond acceptors (Lipinski definition) is 4. The highest BCUT2D eigenvalue weighted by Gasteiger charge is 2.20. The number of anilines is 1. The summed E-state index contributed by atoms with van der Waals surface area (Å²) in [6.07, 6.45) is 2.26. The van der Waals surface area contributed by atoms with Crippen molar-refractivity contribution in [3.05, 3.63) is 34.4 Å². The largest absolute Gasteiger partial charge is 0.335 e. The molecule has 2 N–H and O–H groups in total. The maximum Gasteiger partial charge on any atom is 0.319 e. The van der Waals surface area contributed by atoms with Crippen LogP contribution in [0.25, 0.3) is 0 Å². The summed E-state index contributed by atoms with van der Waals surface area (Å²) in [5.41, 5.74) is 0.287. The van der Waals surface area contributed by atoms with Gasteiger partial charge in [0.05, 0.1) is 4.92 Å². The van der Waals surface area contributed by atoms with Crippen LogP contribution in [0.3, 0.4) is 0 Å². The molecule has 1 saturated carbocycles. The minimum absolute atomic E-state index is 0.0219. The summed E-state index contributed by atoms with van der Waals surface area (Å²) >= 11 is 0. The fraction of sp³-hybridized carbons (Fsp3) is 0.385. The Morgan fingerprint density at radius 1 is 1.30 bits per heavy atom. The van der Waals surface area contributed by atoms with Gasteiger partial charge in [-0.15, -0.1) is 0 Å². The standard InChI is InChI=1S/C13H15N3O4/c17-12-6-4-9(5-7-12)14-13(18)15-10-2-1-3-11(8-10)16(19)20/h1-3,8-9H,4-7H2,(H2,14,15,18). The Labute approximate surface area is 115 Å². The SMILES string of the molecule is O=C1CCC(NC(=O)Nc2cccc([N+](=O)[O-])c2)CC1. The highest BCUT2D eigenvalue weighted by atomic mass is 16.6. The Morgan fingerprint density at radius 3 is 2.65 bits per heavy atom. The number of hydrogen-bond donors (Lipinski definition) is 2. The smallest absolute Gasteiger partial charge is 0.319 e. The van der Waals surface area contributed by atoms with Crippen molar-refractivity contribution < 1.29 is 14.5 Å². The predicted molar refractivity (Wildman–Crippen MR) is 72.5 cm³/mol. The Kier molecular flexibility index (Phi) is 4.29. The fourth-order valence-corrected chi connectivity index (χ4v) is 2.13. The van der Waals surface area contributed by atoms with Crippen molar-refractivity contribution in [1.82, 2.24) is 5.32 Å². The van der Waals surface area contributed by atoms with E-state index in [4.69, 9.17) is 0 Å². The molecule has 0 radical (unpaired) electrons. The molecule has 2 rings (SSSR count). The highest BCUT2D eigenvalue weighted by Crippen LogP contribution is 2.18. The third-order valence-corrected chi connectivity index (χ3v) is 3.19. The molecular formula is C13H15N3O4. The zero-order valence-electron chi connectivity index (χ0n) is 10.8. The van der Waals surface area contributed by atoms with E-state index in [0.717, 1.165) is 0 Å². The van der Waals surface area contributed by atoms with Gasteiger partial charge in [-0.1, -0.05) is 6.07 Å². The third kappa shape index (κ3) is 3.78. The molecule has 0 unspecified atom stereocenters. The molecule has 1 aromatic rings. The van der Waals surface area contributed by atoms with Crippen molar-refractivity contribution >= 4 is 23.2 Å². The van der Waals surface area contributed by atoms with Gasteiger partial charge >= 0.3 is 6.03 Å². The van der Waals surface area contributed by atoms with Crippen LogP contribution in [0.2, 0.25) is 0 Å². The second-order valence-electron chi connectivity index (χ2n) is 4.72. The first-order valence-electron chi connectivity index (χ1n) is 6.38. The van der Waals surface area contributed by atoms with Gasteiger partial charge in [-0.2, -0.15) is 0 Å². The highest BCUT2D eigenvalue weighted by molar-refractivity contribution is 5.90. The summed E-state index contributed by atoms with van der Waals surface area (Å²) in [4.78, 5) is 33.0. The minimum Gasteiger partial charge on any atom is -0.335 e. The molecule has 20 heavy (non-hydrogen) atoms. The van der Waals surface area contributed by atoms with Gasteiger partial charge in [0.15, 0.2) is 0 Å². The minimum atomic E-state index is -0.518. The molecular weight excluding hydrogens is 262 g/mol. The molecule has 0 aliphatic heterocycles. The Balaban J connectivity index is 1.89. The van der Waals surface area contributed by atoms with Crippen molar-refractivity contribution in [2.24, 2.45) is 0 Å².